The van der Waals surface area contributed by atoms with E-state index in [4.69, 9.17) is 0 Å². The fraction of sp³-hybridized carbons (Fsp3) is 0.769. The number of likely N-dealkylation sites (tertiary alicyclic amines) is 1. The number of rotatable bonds is 2. The van der Waals surface area contributed by atoms with Gasteiger partial charge in [-0.15, -0.1) is 0 Å². The Bertz CT molecular complexity index is 318. The second-order valence-electron chi connectivity index (χ2n) is 5.60. The van der Waals surface area contributed by atoms with Crippen molar-refractivity contribution in [1.82, 2.24) is 4.90 Å². The molecule has 1 amide bonds. The number of fused-ring (bicyclic) bond motifs is 2. The van der Waals surface area contributed by atoms with Crippen molar-refractivity contribution < 1.29 is 4.79 Å². The van der Waals surface area contributed by atoms with Crippen LogP contribution in [0.3, 0.4) is 0 Å². The lowest BCUT2D eigenvalue weighted by Gasteiger charge is -2.41. The van der Waals surface area contributed by atoms with Gasteiger partial charge in [0.15, 0.2) is 0 Å². The van der Waals surface area contributed by atoms with E-state index in [1.165, 1.54) is 0 Å². The highest BCUT2D eigenvalue weighted by Crippen LogP contribution is 2.59. The molecule has 0 aromatic carbocycles. The van der Waals surface area contributed by atoms with Crippen LogP contribution in [0.1, 0.15) is 40.5 Å². The quantitative estimate of drug-likeness (QED) is 0.637. The molecule has 0 spiro atoms. The summed E-state index contributed by atoms with van der Waals surface area (Å²) in [6.07, 6.45) is 6.35. The van der Waals surface area contributed by atoms with Crippen molar-refractivity contribution in [2.75, 3.05) is 6.54 Å². The summed E-state index contributed by atoms with van der Waals surface area (Å²) in [5, 5.41) is 0. The molecule has 1 saturated carbocycles. The van der Waals surface area contributed by atoms with E-state index in [2.05, 4.69) is 31.7 Å². The topological polar surface area (TPSA) is 20.3 Å². The number of hydrogen-bond acceptors (Lipinski definition) is 1. The number of allylic oxidation sites excluding steroid dienone is 1. The predicted molar refractivity (Wildman–Crippen MR) is 61.4 cm³/mol. The molecule has 2 heteroatoms. The summed E-state index contributed by atoms with van der Waals surface area (Å²) in [7, 11) is 0. The van der Waals surface area contributed by atoms with Crippen LogP contribution in [0.2, 0.25) is 0 Å². The van der Waals surface area contributed by atoms with Gasteiger partial charge in [0.1, 0.15) is 0 Å². The Balaban J connectivity index is 2.32. The van der Waals surface area contributed by atoms with Crippen LogP contribution in [-0.4, -0.2) is 22.9 Å². The lowest BCUT2D eigenvalue weighted by molar-refractivity contribution is -0.135. The minimum atomic E-state index is 0.0776. The Morgan fingerprint density at radius 3 is 2.60 bits per heavy atom. The van der Waals surface area contributed by atoms with Crippen LogP contribution in [0.5, 0.6) is 0 Å². The Hall–Kier alpha value is -0.790. The van der Waals surface area contributed by atoms with E-state index in [0.717, 1.165) is 19.4 Å². The fourth-order valence-corrected chi connectivity index (χ4v) is 3.33. The fourth-order valence-electron chi connectivity index (χ4n) is 3.33. The zero-order valence-electron chi connectivity index (χ0n) is 10.2. The Morgan fingerprint density at radius 1 is 1.47 bits per heavy atom. The molecule has 2 unspecified atom stereocenters. The van der Waals surface area contributed by atoms with Crippen molar-refractivity contribution in [3.63, 3.8) is 0 Å². The smallest absolute Gasteiger partial charge is 0.227 e. The summed E-state index contributed by atoms with van der Waals surface area (Å²) in [5.74, 6) is 0.625. The van der Waals surface area contributed by atoms with Gasteiger partial charge in [-0.1, -0.05) is 26.0 Å². The highest BCUT2D eigenvalue weighted by Gasteiger charge is 2.64. The van der Waals surface area contributed by atoms with Crippen LogP contribution in [0, 0.1) is 11.3 Å². The predicted octanol–water partition coefficient (Wildman–Crippen LogP) is 2.60. The van der Waals surface area contributed by atoms with Gasteiger partial charge in [-0.2, -0.15) is 0 Å². The zero-order valence-corrected chi connectivity index (χ0v) is 10.2. The Labute approximate surface area is 92.3 Å². The van der Waals surface area contributed by atoms with Gasteiger partial charge in [0.2, 0.25) is 5.91 Å². The largest absolute Gasteiger partial charge is 0.333 e. The van der Waals surface area contributed by atoms with E-state index in [0.29, 0.717) is 5.91 Å². The van der Waals surface area contributed by atoms with Crippen molar-refractivity contribution in [2.45, 2.75) is 46.1 Å². The summed E-state index contributed by atoms with van der Waals surface area (Å²) in [5.41, 5.74) is 0.222. The summed E-state index contributed by atoms with van der Waals surface area (Å²) >= 11 is 0. The standard InChI is InChI=1S/C13H21NO/c1-5-6-9-14-11(15)10-7-8-13(14,4)12(10,2)3/h5-6,10H,7-9H2,1-4H3/b6-5-. The minimum Gasteiger partial charge on any atom is -0.333 e. The van der Waals surface area contributed by atoms with Gasteiger partial charge in [-0.05, 0) is 32.1 Å². The van der Waals surface area contributed by atoms with Crippen LogP contribution in [0.25, 0.3) is 0 Å². The maximum atomic E-state index is 12.2. The molecular formula is C13H21NO. The van der Waals surface area contributed by atoms with Gasteiger partial charge in [0.25, 0.3) is 0 Å². The first-order valence-electron chi connectivity index (χ1n) is 5.88. The van der Waals surface area contributed by atoms with E-state index in [-0.39, 0.29) is 16.9 Å². The molecule has 0 radical (unpaired) electrons. The van der Waals surface area contributed by atoms with E-state index >= 15 is 0 Å². The second-order valence-corrected chi connectivity index (χ2v) is 5.60. The van der Waals surface area contributed by atoms with Gasteiger partial charge in [0, 0.05) is 18.0 Å². The first kappa shape index (κ1) is 10.7. The first-order valence-corrected chi connectivity index (χ1v) is 5.88. The lowest BCUT2D eigenvalue weighted by Crippen LogP contribution is -2.49. The molecule has 2 atom stereocenters. The highest BCUT2D eigenvalue weighted by atomic mass is 16.2. The van der Waals surface area contributed by atoms with Gasteiger partial charge < -0.3 is 4.90 Å². The number of carbonyl (C=O) groups is 1. The molecule has 2 bridgehead atoms. The van der Waals surface area contributed by atoms with Gasteiger partial charge in [-0.25, -0.2) is 0 Å². The monoisotopic (exact) mass is 207 g/mol. The summed E-state index contributed by atoms with van der Waals surface area (Å²) in [4.78, 5) is 14.3. The molecule has 1 saturated heterocycles. The number of nitrogens with zero attached hydrogens (tertiary/aromatic N) is 1. The lowest BCUT2D eigenvalue weighted by atomic mass is 9.75. The maximum Gasteiger partial charge on any atom is 0.227 e. The molecule has 2 rings (SSSR count). The third-order valence-electron chi connectivity index (χ3n) is 4.86. The molecule has 0 aromatic heterocycles. The normalized spacial score (nSPS) is 38.3. The van der Waals surface area contributed by atoms with Crippen LogP contribution in [0.15, 0.2) is 12.2 Å². The molecule has 2 nitrogen and oxygen atoms in total. The van der Waals surface area contributed by atoms with Crippen molar-refractivity contribution in [2.24, 2.45) is 11.3 Å². The zero-order chi connectivity index (χ0) is 11.3. The third kappa shape index (κ3) is 1.14. The maximum absolute atomic E-state index is 12.2. The van der Waals surface area contributed by atoms with Crippen molar-refractivity contribution >= 4 is 5.91 Å². The van der Waals surface area contributed by atoms with Crippen molar-refractivity contribution in [3.8, 4) is 0 Å². The first-order chi connectivity index (χ1) is 6.95. The van der Waals surface area contributed by atoms with Gasteiger partial charge >= 0.3 is 0 Å². The molecule has 1 aliphatic heterocycles. The molecule has 0 N–H and O–H groups in total. The van der Waals surface area contributed by atoms with Gasteiger partial charge in [0.05, 0.1) is 0 Å². The van der Waals surface area contributed by atoms with Crippen LogP contribution in [-0.2, 0) is 4.79 Å². The summed E-state index contributed by atoms with van der Waals surface area (Å²) < 4.78 is 0. The van der Waals surface area contributed by atoms with Crippen molar-refractivity contribution in [3.05, 3.63) is 12.2 Å². The van der Waals surface area contributed by atoms with E-state index in [1.807, 2.05) is 13.0 Å². The molecular weight excluding hydrogens is 186 g/mol. The Kier molecular flexibility index (Phi) is 2.21. The number of amides is 1. The van der Waals surface area contributed by atoms with Crippen LogP contribution < -0.4 is 0 Å². The number of piperidine rings is 1. The SMILES string of the molecule is C/C=C\CN1C(=O)C2CCC1(C)C2(C)C. The molecule has 2 fully saturated rings. The summed E-state index contributed by atoms with van der Waals surface area (Å²) in [6, 6.07) is 0. The van der Waals surface area contributed by atoms with Crippen LogP contribution >= 0.6 is 0 Å². The second kappa shape index (κ2) is 3.10. The molecule has 15 heavy (non-hydrogen) atoms. The summed E-state index contributed by atoms with van der Waals surface area (Å²) in [6.45, 7) is 9.54. The molecule has 0 aromatic rings. The molecule has 84 valence electrons. The van der Waals surface area contributed by atoms with Crippen molar-refractivity contribution in [1.29, 1.82) is 0 Å². The molecule has 1 aliphatic carbocycles. The Morgan fingerprint density at radius 2 is 2.13 bits per heavy atom. The molecule has 2 aliphatic rings. The van der Waals surface area contributed by atoms with E-state index in [1.54, 1.807) is 0 Å². The third-order valence-corrected chi connectivity index (χ3v) is 4.86. The van der Waals surface area contributed by atoms with E-state index < -0.39 is 0 Å². The average Bonchev–Trinajstić information content (AvgIpc) is 2.45. The number of carbonyl (C=O) groups excluding carboxylic acids is 1. The number of hydrogen-bond donors (Lipinski definition) is 0. The average molecular weight is 207 g/mol. The highest BCUT2D eigenvalue weighted by molar-refractivity contribution is 5.85. The van der Waals surface area contributed by atoms with Crippen LogP contribution in [0.4, 0.5) is 0 Å². The van der Waals surface area contributed by atoms with Gasteiger partial charge in [-0.3, -0.25) is 4.79 Å². The minimum absolute atomic E-state index is 0.0776. The molecule has 1 heterocycles. The van der Waals surface area contributed by atoms with E-state index in [9.17, 15) is 4.79 Å².